The van der Waals surface area contributed by atoms with Crippen molar-refractivity contribution in [3.8, 4) is 0 Å². The van der Waals surface area contributed by atoms with Crippen LogP contribution >= 0.6 is 11.8 Å². The lowest BCUT2D eigenvalue weighted by molar-refractivity contribution is -0.384. The Hall–Kier alpha value is -2.84. The van der Waals surface area contributed by atoms with E-state index in [4.69, 9.17) is 4.74 Å². The summed E-state index contributed by atoms with van der Waals surface area (Å²) in [5.41, 5.74) is 1.34. The maximum absolute atomic E-state index is 12.7. The van der Waals surface area contributed by atoms with Crippen molar-refractivity contribution in [2.75, 3.05) is 42.3 Å². The minimum Gasteiger partial charge on any atom is -0.378 e. The molecule has 2 aromatic rings. The molecular weight excluding hydrogens is 378 g/mol. The number of carbonyl (C=O) groups excluding carboxylic acids is 1. The van der Waals surface area contributed by atoms with Crippen molar-refractivity contribution in [1.29, 1.82) is 0 Å². The highest BCUT2D eigenvalue weighted by molar-refractivity contribution is 7.99. The Kier molecular flexibility index (Phi) is 6.67. The minimum absolute atomic E-state index is 0.0798. The fourth-order valence-electron chi connectivity index (χ4n) is 2.92. The second-order valence-electron chi connectivity index (χ2n) is 6.11. The van der Waals surface area contributed by atoms with E-state index in [2.05, 4.69) is 11.9 Å². The second-order valence-corrected chi connectivity index (χ2v) is 7.17. The molecule has 0 atom stereocenters. The van der Waals surface area contributed by atoms with E-state index in [1.54, 1.807) is 36.0 Å². The fourth-order valence-corrected chi connectivity index (χ4v) is 3.67. The van der Waals surface area contributed by atoms with Gasteiger partial charge in [0, 0.05) is 35.4 Å². The van der Waals surface area contributed by atoms with Crippen molar-refractivity contribution >= 4 is 34.7 Å². The fraction of sp³-hybridized carbons (Fsp3) is 0.250. The number of carbonyl (C=O) groups is 1. The Morgan fingerprint density at radius 2 is 2.04 bits per heavy atom. The molecule has 1 saturated heterocycles. The molecule has 1 fully saturated rings. The molecule has 8 heteroatoms. The zero-order chi connectivity index (χ0) is 19.9. The van der Waals surface area contributed by atoms with E-state index in [0.29, 0.717) is 43.4 Å². The monoisotopic (exact) mass is 399 g/mol. The molecule has 1 heterocycles. The molecule has 1 aliphatic heterocycles. The lowest BCUT2D eigenvalue weighted by Gasteiger charge is -2.28. The van der Waals surface area contributed by atoms with Crippen molar-refractivity contribution in [2.45, 2.75) is 4.90 Å². The predicted octanol–water partition coefficient (Wildman–Crippen LogP) is 3.96. The summed E-state index contributed by atoms with van der Waals surface area (Å²) in [6, 6.07) is 12.0. The van der Waals surface area contributed by atoms with E-state index < -0.39 is 4.92 Å². The van der Waals surface area contributed by atoms with Crippen LogP contribution in [0.2, 0.25) is 0 Å². The van der Waals surface area contributed by atoms with E-state index in [1.165, 1.54) is 6.07 Å². The van der Waals surface area contributed by atoms with Crippen LogP contribution in [-0.4, -0.2) is 42.9 Å². The lowest BCUT2D eigenvalue weighted by Crippen LogP contribution is -2.36. The minimum atomic E-state index is -0.449. The topological polar surface area (TPSA) is 84.7 Å². The van der Waals surface area contributed by atoms with Gasteiger partial charge in [0.1, 0.15) is 5.69 Å². The Balaban J connectivity index is 1.83. The largest absolute Gasteiger partial charge is 0.378 e. The quantitative estimate of drug-likeness (QED) is 0.328. The van der Waals surface area contributed by atoms with Gasteiger partial charge in [-0.05, 0) is 24.3 Å². The van der Waals surface area contributed by atoms with Gasteiger partial charge in [-0.2, -0.15) is 0 Å². The average molecular weight is 399 g/mol. The first-order valence-corrected chi connectivity index (χ1v) is 9.84. The number of rotatable bonds is 7. The first-order chi connectivity index (χ1) is 13.6. The molecule has 3 rings (SSSR count). The Bertz CT molecular complexity index is 882. The number of amides is 1. The number of para-hydroxylation sites is 1. The molecule has 0 unspecified atom stereocenters. The normalized spacial score (nSPS) is 13.8. The number of ether oxygens (including phenoxy) is 1. The number of benzene rings is 2. The van der Waals surface area contributed by atoms with E-state index in [1.807, 2.05) is 23.1 Å². The smallest absolute Gasteiger partial charge is 0.293 e. The molecule has 1 aliphatic rings. The van der Waals surface area contributed by atoms with Crippen LogP contribution in [0.4, 0.5) is 17.1 Å². The highest BCUT2D eigenvalue weighted by Crippen LogP contribution is 2.31. The van der Waals surface area contributed by atoms with Gasteiger partial charge in [0.25, 0.3) is 11.6 Å². The summed E-state index contributed by atoms with van der Waals surface area (Å²) < 4.78 is 5.31. The van der Waals surface area contributed by atoms with Crippen LogP contribution in [-0.2, 0) is 4.74 Å². The van der Waals surface area contributed by atoms with Gasteiger partial charge in [0.2, 0.25) is 0 Å². The molecule has 146 valence electrons. The number of nitro groups is 1. The van der Waals surface area contributed by atoms with Crippen LogP contribution in [0.25, 0.3) is 0 Å². The lowest BCUT2D eigenvalue weighted by atomic mass is 10.1. The summed E-state index contributed by atoms with van der Waals surface area (Å²) in [7, 11) is 0. The van der Waals surface area contributed by atoms with Crippen LogP contribution in [0, 0.1) is 10.1 Å². The Morgan fingerprint density at radius 3 is 2.75 bits per heavy atom. The predicted molar refractivity (Wildman–Crippen MR) is 111 cm³/mol. The number of nitrogens with one attached hydrogen (secondary N) is 1. The molecule has 1 amide bonds. The third kappa shape index (κ3) is 4.71. The number of hydrogen-bond acceptors (Lipinski definition) is 6. The van der Waals surface area contributed by atoms with Crippen LogP contribution in [0.15, 0.2) is 60.0 Å². The zero-order valence-corrected chi connectivity index (χ0v) is 16.1. The van der Waals surface area contributed by atoms with E-state index >= 15 is 0 Å². The van der Waals surface area contributed by atoms with E-state index in [9.17, 15) is 14.9 Å². The maximum atomic E-state index is 12.7. The molecule has 7 nitrogen and oxygen atoms in total. The third-order valence-corrected chi connectivity index (χ3v) is 5.35. The summed E-state index contributed by atoms with van der Waals surface area (Å²) in [6.07, 6.45) is 1.79. The summed E-state index contributed by atoms with van der Waals surface area (Å²) in [5.74, 6) is 0.329. The van der Waals surface area contributed by atoms with Gasteiger partial charge in [0.15, 0.2) is 0 Å². The summed E-state index contributed by atoms with van der Waals surface area (Å²) >= 11 is 1.55. The van der Waals surface area contributed by atoms with Crippen molar-refractivity contribution in [3.05, 3.63) is 70.8 Å². The summed E-state index contributed by atoms with van der Waals surface area (Å²) in [4.78, 5) is 26.6. The Morgan fingerprint density at radius 1 is 1.29 bits per heavy atom. The first kappa shape index (κ1) is 19.9. The van der Waals surface area contributed by atoms with Crippen molar-refractivity contribution in [3.63, 3.8) is 0 Å². The van der Waals surface area contributed by atoms with Crippen molar-refractivity contribution in [1.82, 2.24) is 0 Å². The zero-order valence-electron chi connectivity index (χ0n) is 15.3. The van der Waals surface area contributed by atoms with Crippen molar-refractivity contribution < 1.29 is 14.5 Å². The highest BCUT2D eigenvalue weighted by atomic mass is 32.2. The van der Waals surface area contributed by atoms with Crippen molar-refractivity contribution in [2.24, 2.45) is 0 Å². The van der Waals surface area contributed by atoms with Gasteiger partial charge in [-0.25, -0.2) is 0 Å². The van der Waals surface area contributed by atoms with Gasteiger partial charge in [-0.15, -0.1) is 18.3 Å². The maximum Gasteiger partial charge on any atom is 0.293 e. The molecule has 1 N–H and O–H groups in total. The summed E-state index contributed by atoms with van der Waals surface area (Å²) in [6.45, 7) is 5.92. The van der Waals surface area contributed by atoms with E-state index in [-0.39, 0.29) is 17.2 Å². The molecule has 0 saturated carbocycles. The van der Waals surface area contributed by atoms with Crippen LogP contribution in [0.1, 0.15) is 10.4 Å². The molecule has 0 aromatic heterocycles. The van der Waals surface area contributed by atoms with Gasteiger partial charge in [0.05, 0.1) is 23.8 Å². The first-order valence-electron chi connectivity index (χ1n) is 8.85. The molecule has 2 aromatic carbocycles. The molecule has 0 aliphatic carbocycles. The molecule has 28 heavy (non-hydrogen) atoms. The Labute approximate surface area is 167 Å². The van der Waals surface area contributed by atoms with E-state index in [0.717, 1.165) is 4.90 Å². The van der Waals surface area contributed by atoms with Crippen LogP contribution in [0.5, 0.6) is 0 Å². The van der Waals surface area contributed by atoms with Gasteiger partial charge >= 0.3 is 0 Å². The van der Waals surface area contributed by atoms with Crippen LogP contribution < -0.4 is 10.2 Å². The number of thioether (sulfide) groups is 1. The molecule has 0 spiro atoms. The molecular formula is C20H21N3O4S. The number of nitro benzene ring substituents is 1. The number of morpholine rings is 1. The van der Waals surface area contributed by atoms with Gasteiger partial charge in [-0.3, -0.25) is 14.9 Å². The highest BCUT2D eigenvalue weighted by Gasteiger charge is 2.23. The number of nitrogens with zero attached hydrogens (tertiary/aromatic N) is 2. The number of anilines is 2. The summed E-state index contributed by atoms with van der Waals surface area (Å²) in [5, 5.41) is 14.4. The average Bonchev–Trinajstić information content (AvgIpc) is 2.73. The SMILES string of the molecule is C=CCSc1ccccc1NC(=O)c1ccc(N2CCOCC2)c([N+](=O)[O-])c1. The molecule has 0 bridgehead atoms. The van der Waals surface area contributed by atoms with Crippen LogP contribution in [0.3, 0.4) is 0 Å². The van der Waals surface area contributed by atoms with Gasteiger partial charge in [-0.1, -0.05) is 18.2 Å². The second kappa shape index (κ2) is 9.38. The molecule has 0 radical (unpaired) electrons. The third-order valence-electron chi connectivity index (χ3n) is 4.28. The van der Waals surface area contributed by atoms with Gasteiger partial charge < -0.3 is 15.0 Å². The number of hydrogen-bond donors (Lipinski definition) is 1. The standard InChI is InChI=1S/C20H21N3O4S/c1-2-13-28-19-6-4-3-5-16(19)21-20(24)15-7-8-17(18(14-15)23(25)26)22-9-11-27-12-10-22/h2-8,14H,1,9-13H2,(H,21,24).